The molecule has 2 heterocycles. The molecule has 2 rings (SSSR count). The fourth-order valence-corrected chi connectivity index (χ4v) is 2.02. The second-order valence-corrected chi connectivity index (χ2v) is 4.33. The molecular weight excluding hydrogens is 233 g/mol. The lowest BCUT2D eigenvalue weighted by atomic mass is 9.96. The third kappa shape index (κ3) is 3.42. The molecule has 0 spiro atoms. The van der Waals surface area contributed by atoms with E-state index in [1.54, 1.807) is 0 Å². The number of alkyl halides is 3. The molecule has 17 heavy (non-hydrogen) atoms. The van der Waals surface area contributed by atoms with E-state index in [4.69, 9.17) is 0 Å². The number of hydrogen-bond donors (Lipinski definition) is 1. The molecule has 0 aromatic carbocycles. The smallest absolute Gasteiger partial charge is 0.316 e. The summed E-state index contributed by atoms with van der Waals surface area (Å²) >= 11 is 0. The second-order valence-electron chi connectivity index (χ2n) is 4.33. The third-order valence-electron chi connectivity index (χ3n) is 2.96. The number of nitrogens with one attached hydrogen (secondary N) is 1. The Hall–Kier alpha value is -1.11. The average molecular weight is 248 g/mol. The van der Waals surface area contributed by atoms with Crippen molar-refractivity contribution < 1.29 is 13.2 Å². The highest BCUT2D eigenvalue weighted by atomic mass is 19.4. The monoisotopic (exact) mass is 248 g/mol. The highest BCUT2D eigenvalue weighted by Crippen LogP contribution is 2.25. The molecule has 1 N–H and O–H groups in total. The second kappa shape index (κ2) is 5.03. The number of aromatic nitrogens is 3. The molecule has 1 aromatic heterocycles. The van der Waals surface area contributed by atoms with Crippen molar-refractivity contribution in [3.8, 4) is 0 Å². The van der Waals surface area contributed by atoms with Crippen LogP contribution >= 0.6 is 0 Å². The standard InChI is InChI=1S/C10H15F3N4/c11-10(12,13)9-15-7-17(16-9)5-3-8-2-1-4-14-6-8/h7-8,14H,1-6H2. The predicted molar refractivity (Wildman–Crippen MR) is 55.2 cm³/mol. The SMILES string of the molecule is FC(F)(F)c1ncn(CCC2CCCNC2)n1. The summed E-state index contributed by atoms with van der Waals surface area (Å²) in [4.78, 5) is 3.26. The topological polar surface area (TPSA) is 42.7 Å². The largest absolute Gasteiger partial charge is 0.453 e. The van der Waals surface area contributed by atoms with Crippen LogP contribution in [0.25, 0.3) is 0 Å². The molecule has 1 aliphatic rings. The van der Waals surface area contributed by atoms with Gasteiger partial charge < -0.3 is 5.32 Å². The van der Waals surface area contributed by atoms with E-state index in [1.165, 1.54) is 4.68 Å². The molecule has 1 atom stereocenters. The van der Waals surface area contributed by atoms with Crippen LogP contribution in [-0.2, 0) is 12.7 Å². The molecule has 96 valence electrons. The molecule has 1 aromatic rings. The summed E-state index contributed by atoms with van der Waals surface area (Å²) in [6, 6.07) is 0. The normalized spacial score (nSPS) is 21.7. The van der Waals surface area contributed by atoms with Gasteiger partial charge in [0.25, 0.3) is 5.82 Å². The predicted octanol–water partition coefficient (Wildman–Crippen LogP) is 1.69. The molecule has 0 bridgehead atoms. The Balaban J connectivity index is 1.84. The average Bonchev–Trinajstić information content (AvgIpc) is 2.76. The lowest BCUT2D eigenvalue weighted by molar-refractivity contribution is -0.145. The zero-order valence-corrected chi connectivity index (χ0v) is 9.37. The molecular formula is C10H15F3N4. The molecule has 1 unspecified atom stereocenters. The van der Waals surface area contributed by atoms with Crippen LogP contribution in [0.2, 0.25) is 0 Å². The van der Waals surface area contributed by atoms with Gasteiger partial charge in [0.05, 0.1) is 0 Å². The highest BCUT2D eigenvalue weighted by Gasteiger charge is 2.35. The maximum atomic E-state index is 12.2. The molecule has 0 aliphatic carbocycles. The van der Waals surface area contributed by atoms with E-state index in [0.29, 0.717) is 12.5 Å². The number of aryl methyl sites for hydroxylation is 1. The van der Waals surface area contributed by atoms with E-state index in [-0.39, 0.29) is 0 Å². The van der Waals surface area contributed by atoms with Gasteiger partial charge in [0.2, 0.25) is 0 Å². The van der Waals surface area contributed by atoms with Crippen LogP contribution < -0.4 is 5.32 Å². The van der Waals surface area contributed by atoms with Gasteiger partial charge in [0, 0.05) is 6.54 Å². The lowest BCUT2D eigenvalue weighted by Crippen LogP contribution is -2.30. The van der Waals surface area contributed by atoms with Crippen LogP contribution in [0.5, 0.6) is 0 Å². The number of nitrogens with zero attached hydrogens (tertiary/aromatic N) is 3. The minimum atomic E-state index is -4.45. The molecule has 4 nitrogen and oxygen atoms in total. The van der Waals surface area contributed by atoms with Crippen molar-refractivity contribution in [2.75, 3.05) is 13.1 Å². The van der Waals surface area contributed by atoms with E-state index in [2.05, 4.69) is 15.4 Å². The van der Waals surface area contributed by atoms with Gasteiger partial charge in [-0.3, -0.25) is 4.68 Å². The van der Waals surface area contributed by atoms with Gasteiger partial charge in [0.15, 0.2) is 0 Å². The molecule has 7 heteroatoms. The van der Waals surface area contributed by atoms with Gasteiger partial charge in [-0.15, -0.1) is 5.10 Å². The number of rotatable bonds is 3. The molecule has 0 radical (unpaired) electrons. The van der Waals surface area contributed by atoms with E-state index >= 15 is 0 Å². The number of piperidine rings is 1. The fraction of sp³-hybridized carbons (Fsp3) is 0.800. The van der Waals surface area contributed by atoms with Crippen molar-refractivity contribution in [3.63, 3.8) is 0 Å². The molecule has 0 amide bonds. The molecule has 1 aliphatic heterocycles. The van der Waals surface area contributed by atoms with Gasteiger partial charge in [0.1, 0.15) is 6.33 Å². The summed E-state index contributed by atoms with van der Waals surface area (Å²) < 4.78 is 38.0. The van der Waals surface area contributed by atoms with Crippen molar-refractivity contribution in [1.82, 2.24) is 20.1 Å². The first-order valence-electron chi connectivity index (χ1n) is 5.73. The van der Waals surface area contributed by atoms with Crippen molar-refractivity contribution >= 4 is 0 Å². The summed E-state index contributed by atoms with van der Waals surface area (Å²) in [5.41, 5.74) is 0. The van der Waals surface area contributed by atoms with Gasteiger partial charge in [-0.1, -0.05) is 0 Å². The van der Waals surface area contributed by atoms with Crippen LogP contribution in [0.15, 0.2) is 6.33 Å². The fourth-order valence-electron chi connectivity index (χ4n) is 2.02. The van der Waals surface area contributed by atoms with E-state index in [0.717, 1.165) is 38.7 Å². The molecule has 0 saturated carbocycles. The van der Waals surface area contributed by atoms with Crippen molar-refractivity contribution in [2.24, 2.45) is 5.92 Å². The Morgan fingerprint density at radius 1 is 1.47 bits per heavy atom. The van der Waals surface area contributed by atoms with Gasteiger partial charge in [-0.25, -0.2) is 4.98 Å². The molecule has 1 fully saturated rings. The minimum absolute atomic E-state index is 0.495. The zero-order valence-electron chi connectivity index (χ0n) is 9.37. The van der Waals surface area contributed by atoms with Crippen molar-refractivity contribution in [3.05, 3.63) is 12.2 Å². The Kier molecular flexibility index (Phi) is 3.66. The highest BCUT2D eigenvalue weighted by molar-refractivity contribution is 4.87. The summed E-state index contributed by atoms with van der Waals surface area (Å²) in [5, 5.41) is 6.70. The first kappa shape index (κ1) is 12.3. The quantitative estimate of drug-likeness (QED) is 0.885. The maximum Gasteiger partial charge on any atom is 0.453 e. The Morgan fingerprint density at radius 3 is 2.88 bits per heavy atom. The van der Waals surface area contributed by atoms with Crippen LogP contribution in [0.4, 0.5) is 13.2 Å². The van der Waals surface area contributed by atoms with Gasteiger partial charge in [-0.2, -0.15) is 13.2 Å². The van der Waals surface area contributed by atoms with E-state index < -0.39 is 12.0 Å². The summed E-state index contributed by atoms with van der Waals surface area (Å²) in [5.74, 6) is -0.526. The third-order valence-corrected chi connectivity index (χ3v) is 2.96. The van der Waals surface area contributed by atoms with Gasteiger partial charge >= 0.3 is 6.18 Å². The lowest BCUT2D eigenvalue weighted by Gasteiger charge is -2.22. The summed E-state index contributed by atoms with van der Waals surface area (Å²) in [6.45, 7) is 2.48. The van der Waals surface area contributed by atoms with E-state index in [9.17, 15) is 13.2 Å². The summed E-state index contributed by atoms with van der Waals surface area (Å²) in [7, 11) is 0. The summed E-state index contributed by atoms with van der Waals surface area (Å²) in [6.07, 6.45) is -0.186. The van der Waals surface area contributed by atoms with Crippen LogP contribution in [-0.4, -0.2) is 27.9 Å². The minimum Gasteiger partial charge on any atom is -0.316 e. The van der Waals surface area contributed by atoms with Gasteiger partial charge in [-0.05, 0) is 38.3 Å². The first-order valence-corrected chi connectivity index (χ1v) is 5.73. The van der Waals surface area contributed by atoms with Crippen LogP contribution in [0.3, 0.4) is 0 Å². The number of halogens is 3. The first-order chi connectivity index (χ1) is 8.05. The van der Waals surface area contributed by atoms with E-state index in [1.807, 2.05) is 0 Å². The number of hydrogen-bond acceptors (Lipinski definition) is 3. The Labute approximate surface area is 97.2 Å². The Bertz CT molecular complexity index is 355. The zero-order chi connectivity index (χ0) is 12.3. The van der Waals surface area contributed by atoms with Crippen molar-refractivity contribution in [1.29, 1.82) is 0 Å². The molecule has 1 saturated heterocycles. The van der Waals surface area contributed by atoms with Crippen LogP contribution in [0, 0.1) is 5.92 Å². The maximum absolute atomic E-state index is 12.2. The Morgan fingerprint density at radius 2 is 2.29 bits per heavy atom. The van der Waals surface area contributed by atoms with Crippen LogP contribution in [0.1, 0.15) is 25.1 Å². The van der Waals surface area contributed by atoms with Crippen molar-refractivity contribution in [2.45, 2.75) is 32.0 Å².